The van der Waals surface area contributed by atoms with Crippen LogP contribution in [0.5, 0.6) is 0 Å². The zero-order valence-corrected chi connectivity index (χ0v) is 13.0. The number of methoxy groups -OCH3 is 1. The van der Waals surface area contributed by atoms with E-state index in [0.717, 1.165) is 52.2 Å². The molecule has 2 atom stereocenters. The van der Waals surface area contributed by atoms with Gasteiger partial charge in [-0.25, -0.2) is 0 Å². The lowest BCUT2D eigenvalue weighted by atomic mass is 9.78. The standard InChI is InChI=1S/C15H31NO3/c1-5-16-14(13(3)7-10-17-4)15(19-6-2)8-11-18-12-9-15/h13-14,16H,5-12H2,1-4H3. The number of likely N-dealkylation sites (N-methyl/N-ethyl adjacent to an activating group) is 1. The van der Waals surface area contributed by atoms with Gasteiger partial charge < -0.3 is 19.5 Å². The molecule has 1 rings (SSSR count). The fourth-order valence-electron chi connectivity index (χ4n) is 3.15. The molecule has 1 saturated heterocycles. The average Bonchev–Trinajstić information content (AvgIpc) is 2.43. The van der Waals surface area contributed by atoms with E-state index in [1.165, 1.54) is 0 Å². The van der Waals surface area contributed by atoms with E-state index in [-0.39, 0.29) is 5.60 Å². The predicted octanol–water partition coefficient (Wildman–Crippen LogP) is 2.22. The van der Waals surface area contributed by atoms with Crippen LogP contribution in [0.2, 0.25) is 0 Å². The van der Waals surface area contributed by atoms with Gasteiger partial charge in [-0.05, 0) is 25.8 Å². The highest BCUT2D eigenvalue weighted by molar-refractivity contribution is 4.97. The Kier molecular flexibility index (Phi) is 7.91. The number of nitrogens with one attached hydrogen (secondary N) is 1. The van der Waals surface area contributed by atoms with E-state index >= 15 is 0 Å². The minimum Gasteiger partial charge on any atom is -0.385 e. The van der Waals surface area contributed by atoms with E-state index in [4.69, 9.17) is 14.2 Å². The van der Waals surface area contributed by atoms with Crippen molar-refractivity contribution in [3.05, 3.63) is 0 Å². The molecular formula is C15H31NO3. The fraction of sp³-hybridized carbons (Fsp3) is 1.00. The number of hydrogen-bond acceptors (Lipinski definition) is 4. The predicted molar refractivity (Wildman–Crippen MR) is 77.5 cm³/mol. The number of hydrogen-bond donors (Lipinski definition) is 1. The molecule has 1 heterocycles. The molecule has 4 heteroatoms. The Balaban J connectivity index is 2.77. The molecule has 0 bridgehead atoms. The molecule has 114 valence electrons. The maximum atomic E-state index is 6.20. The number of ether oxygens (including phenoxy) is 3. The Labute approximate surface area is 118 Å². The molecule has 1 fully saturated rings. The Hall–Kier alpha value is -0.160. The second-order valence-electron chi connectivity index (χ2n) is 5.40. The van der Waals surface area contributed by atoms with E-state index in [1.54, 1.807) is 7.11 Å². The van der Waals surface area contributed by atoms with Gasteiger partial charge in [0.05, 0.1) is 5.60 Å². The molecule has 1 N–H and O–H groups in total. The molecule has 0 aromatic heterocycles. The third kappa shape index (κ3) is 4.71. The molecule has 0 radical (unpaired) electrons. The molecule has 0 aliphatic carbocycles. The van der Waals surface area contributed by atoms with Crippen LogP contribution >= 0.6 is 0 Å². The average molecular weight is 273 g/mol. The SMILES string of the molecule is CCNC(C(C)CCOC)C1(OCC)CCOCC1. The maximum Gasteiger partial charge on any atom is 0.0880 e. The van der Waals surface area contributed by atoms with Crippen molar-refractivity contribution in [2.75, 3.05) is 40.1 Å². The molecule has 19 heavy (non-hydrogen) atoms. The maximum absolute atomic E-state index is 6.20. The van der Waals surface area contributed by atoms with Crippen molar-refractivity contribution < 1.29 is 14.2 Å². The van der Waals surface area contributed by atoms with Crippen molar-refractivity contribution in [3.63, 3.8) is 0 Å². The van der Waals surface area contributed by atoms with E-state index in [0.29, 0.717) is 12.0 Å². The zero-order chi connectivity index (χ0) is 14.1. The van der Waals surface area contributed by atoms with Crippen molar-refractivity contribution in [1.82, 2.24) is 5.32 Å². The fourth-order valence-corrected chi connectivity index (χ4v) is 3.15. The highest BCUT2D eigenvalue weighted by atomic mass is 16.5. The lowest BCUT2D eigenvalue weighted by Crippen LogP contribution is -2.58. The summed E-state index contributed by atoms with van der Waals surface area (Å²) in [4.78, 5) is 0. The van der Waals surface area contributed by atoms with Crippen molar-refractivity contribution in [3.8, 4) is 0 Å². The van der Waals surface area contributed by atoms with Gasteiger partial charge in [0.1, 0.15) is 0 Å². The minimum atomic E-state index is -0.0732. The summed E-state index contributed by atoms with van der Waals surface area (Å²) in [5, 5.41) is 3.65. The first-order chi connectivity index (χ1) is 9.20. The van der Waals surface area contributed by atoms with Gasteiger partial charge in [-0.3, -0.25) is 0 Å². The molecule has 0 spiro atoms. The van der Waals surface area contributed by atoms with Gasteiger partial charge in [0.15, 0.2) is 0 Å². The highest BCUT2D eigenvalue weighted by Gasteiger charge is 2.43. The van der Waals surface area contributed by atoms with Crippen LogP contribution in [0.4, 0.5) is 0 Å². The minimum absolute atomic E-state index is 0.0732. The number of rotatable bonds is 9. The summed E-state index contributed by atoms with van der Waals surface area (Å²) in [6, 6.07) is 0.372. The monoisotopic (exact) mass is 273 g/mol. The van der Waals surface area contributed by atoms with Gasteiger partial charge in [-0.1, -0.05) is 13.8 Å². The molecule has 2 unspecified atom stereocenters. The molecular weight excluding hydrogens is 242 g/mol. The molecule has 1 aliphatic heterocycles. The van der Waals surface area contributed by atoms with Gasteiger partial charge >= 0.3 is 0 Å². The van der Waals surface area contributed by atoms with Crippen LogP contribution in [0.1, 0.15) is 40.0 Å². The van der Waals surface area contributed by atoms with Crippen LogP contribution in [-0.2, 0) is 14.2 Å². The van der Waals surface area contributed by atoms with Crippen LogP contribution in [0.15, 0.2) is 0 Å². The van der Waals surface area contributed by atoms with Gasteiger partial charge in [0, 0.05) is 52.4 Å². The Morgan fingerprint density at radius 1 is 1.26 bits per heavy atom. The molecule has 0 amide bonds. The van der Waals surface area contributed by atoms with E-state index in [9.17, 15) is 0 Å². The summed E-state index contributed by atoms with van der Waals surface area (Å²) in [7, 11) is 1.77. The summed E-state index contributed by atoms with van der Waals surface area (Å²) < 4.78 is 17.0. The van der Waals surface area contributed by atoms with Crippen LogP contribution < -0.4 is 5.32 Å². The van der Waals surface area contributed by atoms with E-state index in [2.05, 4.69) is 26.1 Å². The third-order valence-electron chi connectivity index (χ3n) is 4.11. The first kappa shape index (κ1) is 16.9. The van der Waals surface area contributed by atoms with Gasteiger partial charge in [0.2, 0.25) is 0 Å². The van der Waals surface area contributed by atoms with Gasteiger partial charge in [-0.15, -0.1) is 0 Å². The Morgan fingerprint density at radius 2 is 1.95 bits per heavy atom. The Bertz CT molecular complexity index is 224. The lowest BCUT2D eigenvalue weighted by molar-refractivity contribution is -0.136. The molecule has 0 saturated carbocycles. The highest BCUT2D eigenvalue weighted by Crippen LogP contribution is 2.33. The zero-order valence-electron chi connectivity index (χ0n) is 13.0. The van der Waals surface area contributed by atoms with Crippen LogP contribution in [0.3, 0.4) is 0 Å². The van der Waals surface area contributed by atoms with Gasteiger partial charge in [0.25, 0.3) is 0 Å². The Morgan fingerprint density at radius 3 is 2.47 bits per heavy atom. The molecule has 4 nitrogen and oxygen atoms in total. The molecule has 0 aromatic carbocycles. The lowest BCUT2D eigenvalue weighted by Gasteiger charge is -2.46. The van der Waals surface area contributed by atoms with Crippen LogP contribution in [0, 0.1) is 5.92 Å². The quantitative estimate of drug-likeness (QED) is 0.699. The topological polar surface area (TPSA) is 39.7 Å². The summed E-state index contributed by atoms with van der Waals surface area (Å²) in [5.74, 6) is 0.532. The van der Waals surface area contributed by atoms with Crippen molar-refractivity contribution in [1.29, 1.82) is 0 Å². The summed E-state index contributed by atoms with van der Waals surface area (Å²) in [5.41, 5.74) is -0.0732. The first-order valence-corrected chi connectivity index (χ1v) is 7.64. The largest absolute Gasteiger partial charge is 0.385 e. The van der Waals surface area contributed by atoms with Crippen molar-refractivity contribution in [2.45, 2.75) is 51.7 Å². The molecule has 1 aliphatic rings. The third-order valence-corrected chi connectivity index (χ3v) is 4.11. The van der Waals surface area contributed by atoms with Crippen molar-refractivity contribution >= 4 is 0 Å². The molecule has 0 aromatic rings. The van der Waals surface area contributed by atoms with Crippen LogP contribution in [-0.4, -0.2) is 51.7 Å². The summed E-state index contributed by atoms with van der Waals surface area (Å²) >= 11 is 0. The van der Waals surface area contributed by atoms with Gasteiger partial charge in [-0.2, -0.15) is 0 Å². The normalized spacial score (nSPS) is 22.1. The van der Waals surface area contributed by atoms with E-state index < -0.39 is 0 Å². The first-order valence-electron chi connectivity index (χ1n) is 7.64. The van der Waals surface area contributed by atoms with E-state index in [1.807, 2.05) is 0 Å². The second-order valence-corrected chi connectivity index (χ2v) is 5.40. The summed E-state index contributed by atoms with van der Waals surface area (Å²) in [6.07, 6.45) is 3.02. The summed E-state index contributed by atoms with van der Waals surface area (Å²) in [6.45, 7) is 10.7. The van der Waals surface area contributed by atoms with Crippen molar-refractivity contribution in [2.24, 2.45) is 5.92 Å². The second kappa shape index (κ2) is 8.90. The smallest absolute Gasteiger partial charge is 0.0880 e. The van der Waals surface area contributed by atoms with Crippen LogP contribution in [0.25, 0.3) is 0 Å².